The third-order valence-corrected chi connectivity index (χ3v) is 8.25. The molecule has 0 saturated carbocycles. The Kier molecular flexibility index (Phi) is 6.01. The Morgan fingerprint density at radius 3 is 2.71 bits per heavy atom. The number of carbonyl (C=O) groups excluding carboxylic acids is 1. The van der Waals surface area contributed by atoms with E-state index in [0.29, 0.717) is 12.8 Å². The first-order valence-corrected chi connectivity index (χ1v) is 12.7. The summed E-state index contributed by atoms with van der Waals surface area (Å²) < 4.78 is 17.5. The van der Waals surface area contributed by atoms with Crippen LogP contribution in [0.15, 0.2) is 36.4 Å². The van der Waals surface area contributed by atoms with Crippen LogP contribution in [0.25, 0.3) is 0 Å². The summed E-state index contributed by atoms with van der Waals surface area (Å²) in [5.41, 5.74) is 0.435. The summed E-state index contributed by atoms with van der Waals surface area (Å²) in [5.74, 6) is 0.721. The molecular weight excluding hydrogens is 446 g/mol. The number of carbonyl (C=O) groups is 1. The second-order valence-electron chi connectivity index (χ2n) is 11.2. The van der Waals surface area contributed by atoms with E-state index < -0.39 is 23.3 Å². The first-order valence-electron chi connectivity index (χ1n) is 12.7. The Bertz CT molecular complexity index is 1060. The molecule has 35 heavy (non-hydrogen) atoms. The molecule has 0 amide bonds. The Morgan fingerprint density at radius 2 is 2.00 bits per heavy atom. The van der Waals surface area contributed by atoms with Gasteiger partial charge in [-0.25, -0.2) is 4.79 Å². The number of fused-ring (bicyclic) bond motifs is 3. The minimum atomic E-state index is -1.81. The zero-order chi connectivity index (χ0) is 25.0. The number of aliphatic hydroxyl groups is 2. The quantitative estimate of drug-likeness (QED) is 0.452. The van der Waals surface area contributed by atoms with Crippen molar-refractivity contribution >= 4 is 5.97 Å². The van der Waals surface area contributed by atoms with Gasteiger partial charge in [-0.1, -0.05) is 12.7 Å². The van der Waals surface area contributed by atoms with E-state index in [2.05, 4.69) is 29.7 Å². The lowest BCUT2D eigenvalue weighted by atomic mass is 9.77. The van der Waals surface area contributed by atoms with Crippen LogP contribution in [0.2, 0.25) is 0 Å². The van der Waals surface area contributed by atoms with Crippen molar-refractivity contribution in [2.75, 3.05) is 19.9 Å². The van der Waals surface area contributed by atoms with E-state index in [4.69, 9.17) is 14.2 Å². The van der Waals surface area contributed by atoms with Crippen LogP contribution in [-0.2, 0) is 16.0 Å². The molecule has 0 radical (unpaired) electrons. The Balaban J connectivity index is 1.47. The summed E-state index contributed by atoms with van der Waals surface area (Å²) in [5, 5.41) is 21.2. The van der Waals surface area contributed by atoms with Gasteiger partial charge in [0.25, 0.3) is 0 Å². The lowest BCUT2D eigenvalue weighted by molar-refractivity contribution is -0.166. The van der Waals surface area contributed by atoms with Gasteiger partial charge < -0.3 is 24.4 Å². The van der Waals surface area contributed by atoms with Crippen LogP contribution in [0.4, 0.5) is 0 Å². The zero-order valence-electron chi connectivity index (χ0n) is 21.0. The van der Waals surface area contributed by atoms with Gasteiger partial charge in [-0.3, -0.25) is 4.90 Å². The van der Waals surface area contributed by atoms with Gasteiger partial charge in [-0.15, -0.1) is 0 Å². The van der Waals surface area contributed by atoms with Gasteiger partial charge in [-0.2, -0.15) is 0 Å². The summed E-state index contributed by atoms with van der Waals surface area (Å²) in [6, 6.07) is 4.15. The highest BCUT2D eigenvalue weighted by Crippen LogP contribution is 2.55. The number of benzene rings is 1. The first-order chi connectivity index (χ1) is 16.6. The minimum Gasteiger partial charge on any atom is -0.455 e. The number of hydrogen-bond acceptors (Lipinski definition) is 7. The maximum absolute atomic E-state index is 13.4. The normalized spacial score (nSPS) is 28.9. The van der Waals surface area contributed by atoms with Gasteiger partial charge in [0.05, 0.1) is 11.1 Å². The number of ether oxygens (including phenoxy) is 3. The molecule has 1 fully saturated rings. The van der Waals surface area contributed by atoms with Crippen molar-refractivity contribution in [2.24, 2.45) is 0 Å². The summed E-state index contributed by atoms with van der Waals surface area (Å²) in [6.07, 6.45) is 7.11. The maximum atomic E-state index is 13.4. The highest BCUT2D eigenvalue weighted by atomic mass is 16.7. The second kappa shape index (κ2) is 8.64. The van der Waals surface area contributed by atoms with Crippen LogP contribution < -0.4 is 9.47 Å². The molecule has 1 aromatic carbocycles. The molecule has 7 heteroatoms. The molecule has 5 rings (SSSR count). The molecule has 2 N–H and O–H groups in total. The lowest BCUT2D eigenvalue weighted by Gasteiger charge is -2.40. The summed E-state index contributed by atoms with van der Waals surface area (Å²) >= 11 is 0. The molecule has 2 unspecified atom stereocenters. The monoisotopic (exact) mass is 483 g/mol. The molecule has 4 atom stereocenters. The molecular formula is C28H37NO6. The van der Waals surface area contributed by atoms with Crippen LogP contribution in [-0.4, -0.2) is 63.8 Å². The maximum Gasteiger partial charge on any atom is 0.342 e. The van der Waals surface area contributed by atoms with Gasteiger partial charge in [0, 0.05) is 12.5 Å². The molecule has 3 aliphatic heterocycles. The zero-order valence-corrected chi connectivity index (χ0v) is 21.0. The molecule has 1 saturated heterocycles. The molecule has 1 aromatic rings. The fourth-order valence-corrected chi connectivity index (χ4v) is 6.50. The van der Waals surface area contributed by atoms with Gasteiger partial charge >= 0.3 is 5.97 Å². The summed E-state index contributed by atoms with van der Waals surface area (Å²) in [4.78, 5) is 15.9. The Labute approximate surface area is 207 Å². The van der Waals surface area contributed by atoms with E-state index in [-0.39, 0.29) is 24.7 Å². The van der Waals surface area contributed by atoms with Crippen molar-refractivity contribution in [2.45, 2.75) is 88.1 Å². The Hall–Kier alpha value is -2.35. The summed E-state index contributed by atoms with van der Waals surface area (Å²) in [6.45, 7) is 11.3. The van der Waals surface area contributed by atoms with Crippen LogP contribution in [0.3, 0.4) is 0 Å². The molecule has 0 bridgehead atoms. The average Bonchev–Trinajstić information content (AvgIpc) is 3.46. The van der Waals surface area contributed by atoms with E-state index in [9.17, 15) is 15.0 Å². The van der Waals surface area contributed by atoms with Crippen molar-refractivity contribution in [1.82, 2.24) is 4.90 Å². The molecule has 7 nitrogen and oxygen atoms in total. The molecule has 190 valence electrons. The van der Waals surface area contributed by atoms with Crippen molar-refractivity contribution in [3.63, 3.8) is 0 Å². The van der Waals surface area contributed by atoms with Crippen molar-refractivity contribution in [1.29, 1.82) is 0 Å². The van der Waals surface area contributed by atoms with Crippen LogP contribution in [0, 0.1) is 0 Å². The number of hydrogen-bond donors (Lipinski definition) is 2. The molecule has 1 aliphatic carbocycles. The standard InChI is InChI=1S/C28H37NO6/c1-5-28(32,11-6-9-26(3,4)31)25(30)35-24-18(2)16-27-10-7-12-29(27)13-8-19-14-21-22(34-17-33-21)15-20(19)23(24)27/h5,14-16,23-24,31-32H,1,6-13,17H2,2-4H3/t23-,24?,27?,28+/m1/s1. The SMILES string of the molecule is C=C[C@](O)(CCCC(C)(C)O)C(=O)OC1C(C)=CC23CCCN2CCc2cc4c(cc2[C@H]13)OCO4. The van der Waals surface area contributed by atoms with Crippen LogP contribution >= 0.6 is 0 Å². The van der Waals surface area contributed by atoms with Crippen molar-refractivity contribution in [3.05, 3.63) is 47.6 Å². The third kappa shape index (κ3) is 4.17. The van der Waals surface area contributed by atoms with Crippen molar-refractivity contribution in [3.8, 4) is 11.5 Å². The number of nitrogens with zero attached hydrogens (tertiary/aromatic N) is 1. The fraction of sp³-hybridized carbons (Fsp3) is 0.607. The second-order valence-corrected chi connectivity index (χ2v) is 11.2. The van der Waals surface area contributed by atoms with E-state index in [1.807, 2.05) is 6.92 Å². The average molecular weight is 484 g/mol. The number of rotatable bonds is 7. The third-order valence-electron chi connectivity index (χ3n) is 8.25. The molecule has 1 spiro atoms. The minimum absolute atomic E-state index is 0.0913. The lowest BCUT2D eigenvalue weighted by Crippen LogP contribution is -2.48. The summed E-state index contributed by atoms with van der Waals surface area (Å²) in [7, 11) is 0. The highest BCUT2D eigenvalue weighted by Gasteiger charge is 2.57. The smallest absolute Gasteiger partial charge is 0.342 e. The van der Waals surface area contributed by atoms with Gasteiger partial charge in [0.2, 0.25) is 6.79 Å². The topological polar surface area (TPSA) is 88.5 Å². The largest absolute Gasteiger partial charge is 0.455 e. The molecule has 4 aliphatic rings. The number of esters is 1. The first kappa shape index (κ1) is 24.3. The van der Waals surface area contributed by atoms with Crippen LogP contribution in [0.5, 0.6) is 11.5 Å². The highest BCUT2D eigenvalue weighted by molar-refractivity contribution is 5.82. The van der Waals surface area contributed by atoms with Crippen LogP contribution in [0.1, 0.15) is 69.9 Å². The van der Waals surface area contributed by atoms with Gasteiger partial charge in [0.1, 0.15) is 6.10 Å². The van der Waals surface area contributed by atoms with Crippen molar-refractivity contribution < 1.29 is 29.2 Å². The predicted octanol–water partition coefficient (Wildman–Crippen LogP) is 3.62. The molecule has 0 aromatic heterocycles. The van der Waals surface area contributed by atoms with E-state index >= 15 is 0 Å². The van der Waals surface area contributed by atoms with Gasteiger partial charge in [-0.05, 0) is 101 Å². The predicted molar refractivity (Wildman–Crippen MR) is 131 cm³/mol. The van der Waals surface area contributed by atoms with E-state index in [0.717, 1.165) is 55.0 Å². The van der Waals surface area contributed by atoms with Gasteiger partial charge in [0.15, 0.2) is 17.1 Å². The molecule has 3 heterocycles. The Morgan fingerprint density at radius 1 is 1.26 bits per heavy atom. The van der Waals surface area contributed by atoms with E-state index in [1.54, 1.807) is 13.8 Å². The van der Waals surface area contributed by atoms with E-state index in [1.165, 1.54) is 11.6 Å². The fourth-order valence-electron chi connectivity index (χ4n) is 6.50.